The van der Waals surface area contributed by atoms with Gasteiger partial charge in [-0.3, -0.25) is 9.59 Å². The second-order valence-corrected chi connectivity index (χ2v) is 9.40. The molecule has 2 N–H and O–H groups in total. The third kappa shape index (κ3) is 7.93. The van der Waals surface area contributed by atoms with E-state index in [0.717, 1.165) is 0 Å². The molecule has 0 spiro atoms. The minimum absolute atomic E-state index is 0.648. The Morgan fingerprint density at radius 2 is 1.39 bits per heavy atom. The van der Waals surface area contributed by atoms with E-state index in [0.29, 0.717) is 10.8 Å². The van der Waals surface area contributed by atoms with Gasteiger partial charge in [0.05, 0.1) is 5.54 Å². The fourth-order valence-corrected chi connectivity index (χ4v) is 2.57. The molecule has 1 atom stereocenters. The molecule has 0 aliphatic heterocycles. The average molecular weight is 366 g/mol. The van der Waals surface area contributed by atoms with Gasteiger partial charge in [0.2, 0.25) is 11.8 Å². The molecular formula is C13H22N2O6S2. The lowest BCUT2D eigenvalue weighted by Gasteiger charge is -2.33. The first-order valence-corrected chi connectivity index (χ1v) is 9.98. The number of nitrogens with one attached hydrogen (secondary N) is 2. The summed E-state index contributed by atoms with van der Waals surface area (Å²) in [6.45, 7) is 10.9. The Hall–Kier alpha value is -1.68. The highest BCUT2D eigenvalue weighted by molar-refractivity contribution is 7.95. The Bertz CT molecular complexity index is 692. The molecule has 0 aliphatic rings. The number of hydrogen-bond acceptors (Lipinski definition) is 6. The molecule has 0 aromatic rings. The summed E-state index contributed by atoms with van der Waals surface area (Å²) in [5.74, 6) is -3.02. The molecule has 10 heteroatoms. The molecular weight excluding hydrogens is 344 g/mol. The van der Waals surface area contributed by atoms with Crippen molar-refractivity contribution in [2.75, 3.05) is 11.5 Å². The van der Waals surface area contributed by atoms with E-state index < -0.39 is 54.6 Å². The van der Waals surface area contributed by atoms with Gasteiger partial charge in [0, 0.05) is 16.9 Å². The standard InChI is InChI=1S/C13H22N2O6S2/c1-6-22(18,19)8-11(16)14-10(3)13(4,5)15-12(17)9-23(20,21)7-2/h6-7,10H,1-2,8-9H2,3-5H3,(H,14,16)(H,15,17). The van der Waals surface area contributed by atoms with Gasteiger partial charge in [-0.25, -0.2) is 16.8 Å². The van der Waals surface area contributed by atoms with Gasteiger partial charge >= 0.3 is 0 Å². The Morgan fingerprint density at radius 1 is 1.00 bits per heavy atom. The molecule has 23 heavy (non-hydrogen) atoms. The van der Waals surface area contributed by atoms with Crippen LogP contribution in [0.15, 0.2) is 24.0 Å². The fourth-order valence-electron chi connectivity index (χ4n) is 1.45. The first-order chi connectivity index (χ1) is 10.2. The third-order valence-electron chi connectivity index (χ3n) is 3.09. The molecule has 1 unspecified atom stereocenters. The van der Waals surface area contributed by atoms with Gasteiger partial charge in [-0.1, -0.05) is 13.2 Å². The summed E-state index contributed by atoms with van der Waals surface area (Å²) in [7, 11) is -7.38. The van der Waals surface area contributed by atoms with Crippen molar-refractivity contribution in [3.8, 4) is 0 Å². The maximum atomic E-state index is 11.7. The second-order valence-electron chi connectivity index (χ2n) is 5.51. The molecule has 2 amide bonds. The Labute approximate surface area is 136 Å². The number of carbonyl (C=O) groups is 2. The molecule has 0 bridgehead atoms. The lowest BCUT2D eigenvalue weighted by atomic mass is 9.96. The monoisotopic (exact) mass is 366 g/mol. The van der Waals surface area contributed by atoms with Crippen LogP contribution in [0.2, 0.25) is 0 Å². The lowest BCUT2D eigenvalue weighted by Crippen LogP contribution is -2.58. The van der Waals surface area contributed by atoms with Crippen molar-refractivity contribution in [2.45, 2.75) is 32.4 Å². The molecule has 0 heterocycles. The van der Waals surface area contributed by atoms with Crippen LogP contribution in [0.3, 0.4) is 0 Å². The Kier molecular flexibility index (Phi) is 7.17. The summed E-state index contributed by atoms with van der Waals surface area (Å²) >= 11 is 0. The minimum Gasteiger partial charge on any atom is -0.350 e. The summed E-state index contributed by atoms with van der Waals surface area (Å²) in [6, 6.07) is -0.648. The SMILES string of the molecule is C=CS(=O)(=O)CC(=O)NC(C)C(C)(C)NC(=O)CS(=O)(=O)C=C. The maximum Gasteiger partial charge on any atom is 0.236 e. The summed E-state index contributed by atoms with van der Waals surface area (Å²) in [6.07, 6.45) is 0. The number of rotatable bonds is 9. The van der Waals surface area contributed by atoms with Crippen LogP contribution in [-0.2, 0) is 29.3 Å². The van der Waals surface area contributed by atoms with Gasteiger partial charge in [-0.05, 0) is 20.8 Å². The van der Waals surface area contributed by atoms with Gasteiger partial charge < -0.3 is 10.6 Å². The van der Waals surface area contributed by atoms with Crippen molar-refractivity contribution in [3.05, 3.63) is 24.0 Å². The zero-order chi connectivity index (χ0) is 18.5. The van der Waals surface area contributed by atoms with Crippen molar-refractivity contribution in [3.63, 3.8) is 0 Å². The second kappa shape index (κ2) is 7.73. The van der Waals surface area contributed by atoms with E-state index in [1.54, 1.807) is 20.8 Å². The molecule has 132 valence electrons. The van der Waals surface area contributed by atoms with Crippen LogP contribution in [0.4, 0.5) is 0 Å². The Morgan fingerprint density at radius 3 is 1.78 bits per heavy atom. The molecule has 0 aromatic carbocycles. The molecule has 0 saturated carbocycles. The van der Waals surface area contributed by atoms with E-state index in [1.165, 1.54) is 0 Å². The molecule has 0 saturated heterocycles. The normalized spacial score (nSPS) is 13.7. The van der Waals surface area contributed by atoms with Crippen LogP contribution >= 0.6 is 0 Å². The number of sulfone groups is 2. The highest BCUT2D eigenvalue weighted by Gasteiger charge is 2.30. The van der Waals surface area contributed by atoms with Crippen molar-refractivity contribution in [1.82, 2.24) is 10.6 Å². The van der Waals surface area contributed by atoms with E-state index in [4.69, 9.17) is 0 Å². The highest BCUT2D eigenvalue weighted by atomic mass is 32.2. The summed E-state index contributed by atoms with van der Waals surface area (Å²) in [4.78, 5) is 23.4. The lowest BCUT2D eigenvalue weighted by molar-refractivity contribution is -0.123. The van der Waals surface area contributed by atoms with Crippen LogP contribution in [0.25, 0.3) is 0 Å². The van der Waals surface area contributed by atoms with E-state index in [9.17, 15) is 26.4 Å². The predicted octanol–water partition coefficient (Wildman–Crippen LogP) is -0.497. The number of amides is 2. The first kappa shape index (κ1) is 21.3. The third-order valence-corrected chi connectivity index (χ3v) is 5.44. The highest BCUT2D eigenvalue weighted by Crippen LogP contribution is 2.09. The molecule has 0 aliphatic carbocycles. The van der Waals surface area contributed by atoms with Gasteiger partial charge in [0.15, 0.2) is 19.7 Å². The van der Waals surface area contributed by atoms with Gasteiger partial charge in [0.1, 0.15) is 11.5 Å². The van der Waals surface area contributed by atoms with Crippen molar-refractivity contribution >= 4 is 31.5 Å². The molecule has 0 aromatic heterocycles. The van der Waals surface area contributed by atoms with Crippen LogP contribution in [0.1, 0.15) is 20.8 Å². The van der Waals surface area contributed by atoms with Crippen LogP contribution in [0.5, 0.6) is 0 Å². The molecule has 0 radical (unpaired) electrons. The zero-order valence-corrected chi connectivity index (χ0v) is 15.0. The maximum absolute atomic E-state index is 11.7. The van der Waals surface area contributed by atoms with E-state index in [1.807, 2.05) is 0 Å². The van der Waals surface area contributed by atoms with Crippen LogP contribution in [0, 0.1) is 0 Å². The van der Waals surface area contributed by atoms with Crippen molar-refractivity contribution in [1.29, 1.82) is 0 Å². The van der Waals surface area contributed by atoms with E-state index in [-0.39, 0.29) is 0 Å². The molecule has 8 nitrogen and oxygen atoms in total. The van der Waals surface area contributed by atoms with Crippen LogP contribution < -0.4 is 10.6 Å². The number of carbonyl (C=O) groups excluding carboxylic acids is 2. The van der Waals surface area contributed by atoms with Crippen molar-refractivity contribution in [2.24, 2.45) is 0 Å². The van der Waals surface area contributed by atoms with Crippen LogP contribution in [-0.4, -0.2) is 51.7 Å². The summed E-state index contributed by atoms with van der Waals surface area (Å²) < 4.78 is 45.2. The largest absolute Gasteiger partial charge is 0.350 e. The van der Waals surface area contributed by atoms with Crippen molar-refractivity contribution < 1.29 is 26.4 Å². The van der Waals surface area contributed by atoms with Gasteiger partial charge in [-0.15, -0.1) is 0 Å². The minimum atomic E-state index is -3.69. The molecule has 0 rings (SSSR count). The summed E-state index contributed by atoms with van der Waals surface area (Å²) in [5, 5.41) is 6.29. The Balaban J connectivity index is 4.81. The van der Waals surface area contributed by atoms with Gasteiger partial charge in [0.25, 0.3) is 0 Å². The average Bonchev–Trinajstić information content (AvgIpc) is 2.36. The predicted molar refractivity (Wildman–Crippen MR) is 87.8 cm³/mol. The fraction of sp³-hybridized carbons (Fsp3) is 0.538. The first-order valence-electron chi connectivity index (χ1n) is 6.55. The number of hydrogen-bond donors (Lipinski definition) is 2. The zero-order valence-electron chi connectivity index (χ0n) is 13.3. The topological polar surface area (TPSA) is 126 Å². The summed E-state index contributed by atoms with van der Waals surface area (Å²) in [5.41, 5.74) is -0.999. The quantitative estimate of drug-likeness (QED) is 0.566. The van der Waals surface area contributed by atoms with E-state index >= 15 is 0 Å². The smallest absolute Gasteiger partial charge is 0.236 e. The van der Waals surface area contributed by atoms with Gasteiger partial charge in [-0.2, -0.15) is 0 Å². The molecule has 0 fully saturated rings. The van der Waals surface area contributed by atoms with E-state index in [2.05, 4.69) is 23.8 Å².